The lowest BCUT2D eigenvalue weighted by Gasteiger charge is -2.05. The van der Waals surface area contributed by atoms with Crippen LogP contribution in [0.15, 0.2) is 0 Å². The minimum absolute atomic E-state index is 0.187. The highest BCUT2D eigenvalue weighted by molar-refractivity contribution is 5.34. The number of nitrogens with zero attached hydrogens (tertiary/aromatic N) is 3. The van der Waals surface area contributed by atoms with E-state index >= 15 is 0 Å². The molecule has 1 aliphatic rings. The summed E-state index contributed by atoms with van der Waals surface area (Å²) in [7, 11) is 0. The van der Waals surface area contributed by atoms with Gasteiger partial charge in [0.05, 0.1) is 6.61 Å². The van der Waals surface area contributed by atoms with E-state index in [4.69, 9.17) is 10.5 Å². The molecule has 14 heavy (non-hydrogen) atoms. The van der Waals surface area contributed by atoms with Crippen LogP contribution in [0.25, 0.3) is 0 Å². The molecule has 1 saturated carbocycles. The Labute approximate surface area is 81.9 Å². The largest absolute Gasteiger partial charge is 0.464 e. The molecule has 0 aromatic carbocycles. The van der Waals surface area contributed by atoms with Gasteiger partial charge in [0.15, 0.2) is 0 Å². The Morgan fingerprint density at radius 1 is 1.43 bits per heavy atom. The molecule has 1 aromatic heterocycles. The second-order valence-electron chi connectivity index (χ2n) is 3.15. The Hall–Kier alpha value is -1.59. The molecular formula is C8H13N5O. The fourth-order valence-corrected chi connectivity index (χ4v) is 1.04. The van der Waals surface area contributed by atoms with Crippen molar-refractivity contribution in [1.29, 1.82) is 0 Å². The lowest BCUT2D eigenvalue weighted by molar-refractivity contribution is 0.312. The number of nitrogen functional groups attached to an aromatic ring is 1. The SMILES string of the molecule is CCOc1nc(N)nc(NC2CC2)n1. The van der Waals surface area contributed by atoms with Gasteiger partial charge in [0, 0.05) is 6.04 Å². The van der Waals surface area contributed by atoms with Crippen LogP contribution in [0.4, 0.5) is 11.9 Å². The Balaban J connectivity index is 2.12. The average Bonchev–Trinajstić information content (AvgIpc) is 2.87. The molecule has 0 unspecified atom stereocenters. The Bertz CT molecular complexity index is 326. The third-order valence-corrected chi connectivity index (χ3v) is 1.82. The first-order chi connectivity index (χ1) is 6.78. The summed E-state index contributed by atoms with van der Waals surface area (Å²) in [5, 5.41) is 3.13. The first kappa shape index (κ1) is 8.98. The number of hydrogen-bond acceptors (Lipinski definition) is 6. The molecule has 1 aliphatic carbocycles. The van der Waals surface area contributed by atoms with Gasteiger partial charge >= 0.3 is 6.01 Å². The summed E-state index contributed by atoms with van der Waals surface area (Å²) in [4.78, 5) is 11.9. The molecule has 1 fully saturated rings. The second kappa shape index (κ2) is 3.65. The van der Waals surface area contributed by atoms with E-state index in [0.29, 0.717) is 18.6 Å². The molecule has 2 rings (SSSR count). The van der Waals surface area contributed by atoms with Crippen LogP contribution < -0.4 is 15.8 Å². The zero-order valence-corrected chi connectivity index (χ0v) is 8.03. The van der Waals surface area contributed by atoms with Crippen LogP contribution in [-0.4, -0.2) is 27.6 Å². The predicted octanol–water partition coefficient (Wildman–Crippen LogP) is 0.427. The maximum atomic E-state index is 5.50. The van der Waals surface area contributed by atoms with E-state index in [-0.39, 0.29) is 12.0 Å². The van der Waals surface area contributed by atoms with Gasteiger partial charge in [0.2, 0.25) is 11.9 Å². The van der Waals surface area contributed by atoms with Crippen LogP contribution in [0.2, 0.25) is 0 Å². The van der Waals surface area contributed by atoms with Crippen molar-refractivity contribution in [2.24, 2.45) is 0 Å². The van der Waals surface area contributed by atoms with Crippen molar-refractivity contribution in [3.63, 3.8) is 0 Å². The van der Waals surface area contributed by atoms with Crippen molar-refractivity contribution < 1.29 is 4.74 Å². The van der Waals surface area contributed by atoms with Crippen LogP contribution in [0, 0.1) is 0 Å². The summed E-state index contributed by atoms with van der Waals surface area (Å²) in [6, 6.07) is 0.773. The second-order valence-corrected chi connectivity index (χ2v) is 3.15. The third-order valence-electron chi connectivity index (χ3n) is 1.82. The molecule has 3 N–H and O–H groups in total. The molecule has 0 atom stereocenters. The number of ether oxygens (including phenoxy) is 1. The normalized spacial score (nSPS) is 15.2. The molecule has 0 spiro atoms. The van der Waals surface area contributed by atoms with Gasteiger partial charge in [-0.1, -0.05) is 0 Å². The molecule has 6 heteroatoms. The van der Waals surface area contributed by atoms with Crippen molar-refractivity contribution in [2.45, 2.75) is 25.8 Å². The van der Waals surface area contributed by atoms with E-state index in [1.54, 1.807) is 0 Å². The van der Waals surface area contributed by atoms with Gasteiger partial charge in [-0.3, -0.25) is 0 Å². The standard InChI is InChI=1S/C8H13N5O/c1-2-14-8-12-6(9)11-7(13-8)10-5-3-4-5/h5H,2-4H2,1H3,(H3,9,10,11,12,13). The van der Waals surface area contributed by atoms with Crippen LogP contribution in [-0.2, 0) is 0 Å². The monoisotopic (exact) mass is 195 g/mol. The van der Waals surface area contributed by atoms with Crippen molar-refractivity contribution in [3.05, 3.63) is 0 Å². The average molecular weight is 195 g/mol. The van der Waals surface area contributed by atoms with E-state index in [1.165, 1.54) is 0 Å². The van der Waals surface area contributed by atoms with Gasteiger partial charge in [0.1, 0.15) is 0 Å². The smallest absolute Gasteiger partial charge is 0.323 e. The number of aromatic nitrogens is 3. The van der Waals surface area contributed by atoms with Crippen molar-refractivity contribution in [3.8, 4) is 6.01 Å². The van der Waals surface area contributed by atoms with Gasteiger partial charge < -0.3 is 15.8 Å². The zero-order chi connectivity index (χ0) is 9.97. The molecule has 0 radical (unpaired) electrons. The van der Waals surface area contributed by atoms with Crippen LogP contribution in [0.5, 0.6) is 6.01 Å². The Kier molecular flexibility index (Phi) is 2.34. The van der Waals surface area contributed by atoms with E-state index < -0.39 is 0 Å². The minimum atomic E-state index is 0.187. The fraction of sp³-hybridized carbons (Fsp3) is 0.625. The summed E-state index contributed by atoms with van der Waals surface area (Å²) >= 11 is 0. The summed E-state index contributed by atoms with van der Waals surface area (Å²) in [6.45, 7) is 2.39. The molecule has 6 nitrogen and oxygen atoms in total. The maximum absolute atomic E-state index is 5.50. The van der Waals surface area contributed by atoms with Crippen LogP contribution in [0.3, 0.4) is 0 Å². The first-order valence-electron chi connectivity index (χ1n) is 4.69. The summed E-state index contributed by atoms with van der Waals surface area (Å²) in [5.41, 5.74) is 5.50. The quantitative estimate of drug-likeness (QED) is 0.724. The fourth-order valence-electron chi connectivity index (χ4n) is 1.04. The van der Waals surface area contributed by atoms with Crippen molar-refractivity contribution in [1.82, 2.24) is 15.0 Å². The van der Waals surface area contributed by atoms with Gasteiger partial charge in [0.25, 0.3) is 0 Å². The lowest BCUT2D eigenvalue weighted by Crippen LogP contribution is -2.10. The third kappa shape index (κ3) is 2.21. The van der Waals surface area contributed by atoms with E-state index in [2.05, 4.69) is 20.3 Å². The Morgan fingerprint density at radius 2 is 2.21 bits per heavy atom. The highest BCUT2D eigenvalue weighted by Gasteiger charge is 2.22. The Morgan fingerprint density at radius 3 is 2.86 bits per heavy atom. The number of nitrogens with two attached hydrogens (primary N) is 1. The van der Waals surface area contributed by atoms with Gasteiger partial charge in [-0.2, -0.15) is 15.0 Å². The first-order valence-corrected chi connectivity index (χ1v) is 4.69. The molecule has 76 valence electrons. The summed E-state index contributed by atoms with van der Waals surface area (Å²) in [6.07, 6.45) is 2.32. The molecule has 0 aliphatic heterocycles. The lowest BCUT2D eigenvalue weighted by atomic mass is 10.7. The van der Waals surface area contributed by atoms with Crippen LogP contribution >= 0.6 is 0 Å². The number of rotatable bonds is 4. The van der Waals surface area contributed by atoms with Crippen LogP contribution in [0.1, 0.15) is 19.8 Å². The predicted molar refractivity (Wildman–Crippen MR) is 52.1 cm³/mol. The number of hydrogen-bond donors (Lipinski definition) is 2. The van der Waals surface area contributed by atoms with E-state index in [1.807, 2.05) is 6.92 Å². The minimum Gasteiger partial charge on any atom is -0.464 e. The van der Waals surface area contributed by atoms with Crippen molar-refractivity contribution >= 4 is 11.9 Å². The van der Waals surface area contributed by atoms with Gasteiger partial charge in [-0.15, -0.1) is 0 Å². The van der Waals surface area contributed by atoms with Gasteiger partial charge in [-0.25, -0.2) is 0 Å². The maximum Gasteiger partial charge on any atom is 0.323 e. The molecule has 1 heterocycles. The molecule has 1 aromatic rings. The number of nitrogens with one attached hydrogen (secondary N) is 1. The van der Waals surface area contributed by atoms with E-state index in [0.717, 1.165) is 12.8 Å². The van der Waals surface area contributed by atoms with E-state index in [9.17, 15) is 0 Å². The highest BCUT2D eigenvalue weighted by Crippen LogP contribution is 2.23. The summed E-state index contributed by atoms with van der Waals surface area (Å²) in [5.74, 6) is 0.690. The zero-order valence-electron chi connectivity index (χ0n) is 8.03. The number of anilines is 2. The molecular weight excluding hydrogens is 182 g/mol. The summed E-state index contributed by atoms with van der Waals surface area (Å²) < 4.78 is 5.15. The topological polar surface area (TPSA) is 86.0 Å². The van der Waals surface area contributed by atoms with Gasteiger partial charge in [-0.05, 0) is 19.8 Å². The van der Waals surface area contributed by atoms with Crippen molar-refractivity contribution in [2.75, 3.05) is 17.7 Å². The molecule has 0 amide bonds. The highest BCUT2D eigenvalue weighted by atomic mass is 16.5. The molecule has 0 saturated heterocycles. The molecule has 0 bridgehead atoms.